The first-order valence-corrected chi connectivity index (χ1v) is 8.85. The second-order valence-corrected chi connectivity index (χ2v) is 6.81. The molecule has 2 aromatic carbocycles. The van der Waals surface area contributed by atoms with E-state index in [2.05, 4.69) is 44.7 Å². The Kier molecular flexibility index (Phi) is 5.13. The van der Waals surface area contributed by atoms with Gasteiger partial charge in [0.2, 0.25) is 5.75 Å². The summed E-state index contributed by atoms with van der Waals surface area (Å²) in [4.78, 5) is 14.3. The Bertz CT molecular complexity index is 845. The number of nitrogens with zero attached hydrogens (tertiary/aromatic N) is 1. The minimum atomic E-state index is -0.207. The van der Waals surface area contributed by atoms with E-state index < -0.39 is 0 Å². The molecule has 1 fully saturated rings. The Morgan fingerprint density at radius 2 is 1.52 bits per heavy atom. The van der Waals surface area contributed by atoms with Gasteiger partial charge in [-0.25, -0.2) is 0 Å². The summed E-state index contributed by atoms with van der Waals surface area (Å²) in [5.41, 5.74) is 3.54. The van der Waals surface area contributed by atoms with Gasteiger partial charge in [0.15, 0.2) is 11.5 Å². The third-order valence-corrected chi connectivity index (χ3v) is 4.93. The number of carbonyl (C=O) groups is 1. The number of methoxy groups -OCH3 is 3. The van der Waals surface area contributed by atoms with Gasteiger partial charge in [-0.1, -0.05) is 44.7 Å². The Labute approximate surface area is 160 Å². The molecule has 1 unspecified atom stereocenters. The molecule has 5 heteroatoms. The summed E-state index contributed by atoms with van der Waals surface area (Å²) in [6.07, 6.45) is 0. The van der Waals surface area contributed by atoms with E-state index in [1.807, 2.05) is 0 Å². The Balaban J connectivity index is 2.02. The normalized spacial score (nSPS) is 16.4. The SMILES string of the molecule is C=C1C(=O)N(c2cc(OC)c(OC)c(OC)c2)C1c1ccc(C(C)C)cc1. The van der Waals surface area contributed by atoms with Gasteiger partial charge in [-0.15, -0.1) is 0 Å². The minimum absolute atomic E-state index is 0.109. The summed E-state index contributed by atoms with van der Waals surface area (Å²) in [5.74, 6) is 1.85. The zero-order chi connectivity index (χ0) is 19.7. The Morgan fingerprint density at radius 1 is 0.963 bits per heavy atom. The van der Waals surface area contributed by atoms with Crippen molar-refractivity contribution < 1.29 is 19.0 Å². The van der Waals surface area contributed by atoms with E-state index in [1.165, 1.54) is 5.56 Å². The second-order valence-electron chi connectivity index (χ2n) is 6.81. The number of hydrogen-bond acceptors (Lipinski definition) is 4. The third kappa shape index (κ3) is 3.14. The van der Waals surface area contributed by atoms with Crippen LogP contribution in [-0.2, 0) is 4.79 Å². The van der Waals surface area contributed by atoms with Crippen LogP contribution in [-0.4, -0.2) is 27.2 Å². The van der Waals surface area contributed by atoms with Gasteiger partial charge < -0.3 is 14.2 Å². The van der Waals surface area contributed by atoms with Crippen molar-refractivity contribution >= 4 is 11.6 Å². The van der Waals surface area contributed by atoms with E-state index in [1.54, 1.807) is 38.4 Å². The molecule has 1 saturated heterocycles. The summed E-state index contributed by atoms with van der Waals surface area (Å²) in [7, 11) is 4.66. The zero-order valence-electron chi connectivity index (χ0n) is 16.4. The molecule has 0 bridgehead atoms. The van der Waals surface area contributed by atoms with E-state index in [0.29, 0.717) is 34.4 Å². The summed E-state index contributed by atoms with van der Waals surface area (Å²) in [5, 5.41) is 0. The van der Waals surface area contributed by atoms with E-state index in [-0.39, 0.29) is 11.9 Å². The first-order chi connectivity index (χ1) is 12.9. The number of rotatable bonds is 6. The highest BCUT2D eigenvalue weighted by atomic mass is 16.5. The minimum Gasteiger partial charge on any atom is -0.493 e. The molecule has 0 radical (unpaired) electrons. The van der Waals surface area contributed by atoms with Crippen molar-refractivity contribution in [3.05, 3.63) is 59.7 Å². The number of ether oxygens (including phenoxy) is 3. The van der Waals surface area contributed by atoms with Crippen LogP contribution in [0.15, 0.2) is 48.6 Å². The highest BCUT2D eigenvalue weighted by molar-refractivity contribution is 6.15. The molecule has 142 valence electrons. The van der Waals surface area contributed by atoms with Gasteiger partial charge in [0.25, 0.3) is 5.91 Å². The quantitative estimate of drug-likeness (QED) is 0.558. The fourth-order valence-electron chi connectivity index (χ4n) is 3.36. The van der Waals surface area contributed by atoms with Gasteiger partial charge in [0.05, 0.1) is 33.1 Å². The van der Waals surface area contributed by atoms with Crippen LogP contribution in [0.4, 0.5) is 5.69 Å². The number of hydrogen-bond donors (Lipinski definition) is 0. The lowest BCUT2D eigenvalue weighted by Crippen LogP contribution is -2.48. The van der Waals surface area contributed by atoms with Gasteiger partial charge in [0, 0.05) is 17.7 Å². The average Bonchev–Trinajstić information content (AvgIpc) is 2.69. The molecule has 27 heavy (non-hydrogen) atoms. The van der Waals surface area contributed by atoms with Gasteiger partial charge in [-0.2, -0.15) is 0 Å². The fraction of sp³-hybridized carbons (Fsp3) is 0.318. The lowest BCUT2D eigenvalue weighted by Gasteiger charge is -2.42. The molecule has 2 aromatic rings. The van der Waals surface area contributed by atoms with Crippen molar-refractivity contribution in [3.8, 4) is 17.2 Å². The number of amides is 1. The third-order valence-electron chi connectivity index (χ3n) is 4.93. The average molecular weight is 367 g/mol. The van der Waals surface area contributed by atoms with E-state index in [0.717, 1.165) is 5.56 Å². The lowest BCUT2D eigenvalue weighted by atomic mass is 9.87. The molecule has 1 heterocycles. The van der Waals surface area contributed by atoms with E-state index in [4.69, 9.17) is 14.2 Å². The van der Waals surface area contributed by atoms with Crippen LogP contribution >= 0.6 is 0 Å². The molecule has 1 aliphatic heterocycles. The predicted molar refractivity (Wildman–Crippen MR) is 106 cm³/mol. The highest BCUT2D eigenvalue weighted by Crippen LogP contribution is 2.47. The zero-order valence-corrected chi connectivity index (χ0v) is 16.4. The maximum atomic E-state index is 12.6. The Hall–Kier alpha value is -2.95. The van der Waals surface area contributed by atoms with Crippen molar-refractivity contribution in [3.63, 3.8) is 0 Å². The monoisotopic (exact) mass is 367 g/mol. The van der Waals surface area contributed by atoms with Crippen LogP contribution < -0.4 is 19.1 Å². The van der Waals surface area contributed by atoms with E-state index >= 15 is 0 Å². The molecule has 0 aliphatic carbocycles. The number of β-lactam (4-membered cyclic amide) rings is 1. The molecular formula is C22H25NO4. The molecule has 0 N–H and O–H groups in total. The first kappa shape index (κ1) is 18.8. The summed E-state index contributed by atoms with van der Waals surface area (Å²) >= 11 is 0. The van der Waals surface area contributed by atoms with Crippen molar-refractivity contribution in [2.45, 2.75) is 25.8 Å². The maximum absolute atomic E-state index is 12.6. The number of benzene rings is 2. The molecular weight excluding hydrogens is 342 g/mol. The second kappa shape index (κ2) is 7.35. The van der Waals surface area contributed by atoms with Gasteiger partial charge >= 0.3 is 0 Å². The van der Waals surface area contributed by atoms with Gasteiger partial charge in [0.1, 0.15) is 0 Å². The van der Waals surface area contributed by atoms with Crippen molar-refractivity contribution in [1.29, 1.82) is 0 Å². The van der Waals surface area contributed by atoms with Crippen LogP contribution in [0.2, 0.25) is 0 Å². The molecule has 0 aromatic heterocycles. The van der Waals surface area contributed by atoms with Crippen LogP contribution in [0.3, 0.4) is 0 Å². The predicted octanol–water partition coefficient (Wildman–Crippen LogP) is 4.48. The molecule has 5 nitrogen and oxygen atoms in total. The van der Waals surface area contributed by atoms with Crippen molar-refractivity contribution in [1.82, 2.24) is 0 Å². The van der Waals surface area contributed by atoms with Gasteiger partial charge in [-0.3, -0.25) is 9.69 Å². The highest BCUT2D eigenvalue weighted by Gasteiger charge is 2.43. The lowest BCUT2D eigenvalue weighted by molar-refractivity contribution is -0.118. The molecule has 0 saturated carbocycles. The smallest absolute Gasteiger partial charge is 0.256 e. The molecule has 1 amide bonds. The summed E-state index contributed by atoms with van der Waals surface area (Å²) in [6.45, 7) is 8.28. The van der Waals surface area contributed by atoms with E-state index in [9.17, 15) is 4.79 Å². The van der Waals surface area contributed by atoms with Gasteiger partial charge in [-0.05, 0) is 17.0 Å². The molecule has 1 atom stereocenters. The summed E-state index contributed by atoms with van der Waals surface area (Å²) < 4.78 is 16.2. The van der Waals surface area contributed by atoms with Crippen molar-refractivity contribution in [2.24, 2.45) is 0 Å². The first-order valence-electron chi connectivity index (χ1n) is 8.85. The summed E-state index contributed by atoms with van der Waals surface area (Å²) in [6, 6.07) is 11.7. The number of carbonyl (C=O) groups excluding carboxylic acids is 1. The van der Waals surface area contributed by atoms with Crippen LogP contribution in [0.1, 0.15) is 36.9 Å². The molecule has 3 rings (SSSR count). The van der Waals surface area contributed by atoms with Crippen molar-refractivity contribution in [2.75, 3.05) is 26.2 Å². The maximum Gasteiger partial charge on any atom is 0.256 e. The number of anilines is 1. The fourth-order valence-corrected chi connectivity index (χ4v) is 3.36. The molecule has 1 aliphatic rings. The van der Waals surface area contributed by atoms with Crippen LogP contribution in [0, 0.1) is 0 Å². The topological polar surface area (TPSA) is 48.0 Å². The Morgan fingerprint density at radius 3 is 1.96 bits per heavy atom. The standard InChI is InChI=1S/C22H25NO4/c1-13(2)15-7-9-16(10-8-15)20-14(3)22(24)23(20)17-11-18(25-4)21(27-6)19(12-17)26-5/h7-13,20H,3H2,1-2,4-6H3. The molecule has 0 spiro atoms. The van der Waals surface area contributed by atoms with Crippen LogP contribution in [0.25, 0.3) is 0 Å². The van der Waals surface area contributed by atoms with Crippen LogP contribution in [0.5, 0.6) is 17.2 Å². The largest absolute Gasteiger partial charge is 0.493 e.